The Balaban J connectivity index is 2.39. The van der Waals surface area contributed by atoms with Gasteiger partial charge in [-0.1, -0.05) is 0 Å². The summed E-state index contributed by atoms with van der Waals surface area (Å²) in [6, 6.07) is 0. The number of hydrogen-bond acceptors (Lipinski definition) is 3. The van der Waals surface area contributed by atoms with Crippen LogP contribution in [0.2, 0.25) is 0 Å². The topological polar surface area (TPSA) is 72.6 Å². The highest BCUT2D eigenvalue weighted by Gasteiger charge is 2.25. The minimum absolute atomic E-state index is 0.0349. The fourth-order valence-corrected chi connectivity index (χ4v) is 1.10. The number of aliphatic hydroxyl groups excluding tert-OH is 1. The SMILES string of the molecule is NC(=O)C1C[C](CO)CCO1. The van der Waals surface area contributed by atoms with E-state index in [4.69, 9.17) is 15.6 Å². The Labute approximate surface area is 65.3 Å². The van der Waals surface area contributed by atoms with Gasteiger partial charge in [0.2, 0.25) is 5.91 Å². The lowest BCUT2D eigenvalue weighted by Gasteiger charge is -2.25. The molecule has 0 aliphatic carbocycles. The van der Waals surface area contributed by atoms with Gasteiger partial charge in [-0.15, -0.1) is 0 Å². The van der Waals surface area contributed by atoms with Gasteiger partial charge in [0.15, 0.2) is 0 Å². The molecule has 1 heterocycles. The Morgan fingerprint density at radius 2 is 2.55 bits per heavy atom. The van der Waals surface area contributed by atoms with Gasteiger partial charge in [-0.05, 0) is 12.8 Å². The maximum atomic E-state index is 10.6. The maximum absolute atomic E-state index is 10.6. The zero-order valence-corrected chi connectivity index (χ0v) is 6.25. The van der Waals surface area contributed by atoms with Gasteiger partial charge >= 0.3 is 0 Å². The van der Waals surface area contributed by atoms with Crippen molar-refractivity contribution >= 4 is 5.91 Å². The summed E-state index contributed by atoms with van der Waals surface area (Å²) in [7, 11) is 0. The number of hydrogen-bond donors (Lipinski definition) is 2. The van der Waals surface area contributed by atoms with Crippen LogP contribution in [0.4, 0.5) is 0 Å². The lowest BCUT2D eigenvalue weighted by molar-refractivity contribution is -0.131. The summed E-state index contributed by atoms with van der Waals surface area (Å²) in [5.74, 6) is 0.496. The summed E-state index contributed by atoms with van der Waals surface area (Å²) in [5, 5.41) is 8.75. The second kappa shape index (κ2) is 3.69. The van der Waals surface area contributed by atoms with Crippen LogP contribution in [0.15, 0.2) is 0 Å². The summed E-state index contributed by atoms with van der Waals surface area (Å²) in [6.07, 6.45) is 0.692. The van der Waals surface area contributed by atoms with Crippen molar-refractivity contribution in [1.82, 2.24) is 0 Å². The fraction of sp³-hybridized carbons (Fsp3) is 0.714. The Morgan fingerprint density at radius 3 is 3.09 bits per heavy atom. The van der Waals surface area contributed by atoms with Crippen molar-refractivity contribution in [2.24, 2.45) is 5.73 Å². The lowest BCUT2D eigenvalue weighted by atomic mass is 9.96. The lowest BCUT2D eigenvalue weighted by Crippen LogP contribution is -2.37. The van der Waals surface area contributed by atoms with Crippen molar-refractivity contribution in [3.05, 3.63) is 5.92 Å². The Kier molecular flexibility index (Phi) is 2.84. The molecule has 11 heavy (non-hydrogen) atoms. The minimum atomic E-state index is -0.522. The highest BCUT2D eigenvalue weighted by molar-refractivity contribution is 5.79. The van der Waals surface area contributed by atoms with Gasteiger partial charge in [0.25, 0.3) is 0 Å². The smallest absolute Gasteiger partial charge is 0.246 e. The molecule has 1 saturated heterocycles. The van der Waals surface area contributed by atoms with E-state index in [1.165, 1.54) is 0 Å². The Morgan fingerprint density at radius 1 is 1.82 bits per heavy atom. The molecule has 1 fully saturated rings. The van der Waals surface area contributed by atoms with E-state index in [1.54, 1.807) is 0 Å². The zero-order chi connectivity index (χ0) is 8.27. The van der Waals surface area contributed by atoms with Gasteiger partial charge in [0.1, 0.15) is 6.10 Å². The molecule has 1 radical (unpaired) electrons. The second-order valence-corrected chi connectivity index (χ2v) is 2.62. The summed E-state index contributed by atoms with van der Waals surface area (Å²) in [5.41, 5.74) is 5.03. The van der Waals surface area contributed by atoms with E-state index in [0.29, 0.717) is 13.0 Å². The summed E-state index contributed by atoms with van der Waals surface area (Å²) in [6.45, 7) is 0.524. The molecule has 0 saturated carbocycles. The molecule has 4 nitrogen and oxygen atoms in total. The third-order valence-electron chi connectivity index (χ3n) is 1.79. The molecule has 0 aromatic rings. The van der Waals surface area contributed by atoms with E-state index in [-0.39, 0.29) is 6.61 Å². The van der Waals surface area contributed by atoms with E-state index in [2.05, 4.69) is 0 Å². The third-order valence-corrected chi connectivity index (χ3v) is 1.79. The predicted octanol–water partition coefficient (Wildman–Crippen LogP) is -0.783. The van der Waals surface area contributed by atoms with E-state index >= 15 is 0 Å². The number of primary amides is 1. The Bertz CT molecular complexity index is 149. The van der Waals surface area contributed by atoms with Gasteiger partial charge in [-0.3, -0.25) is 4.79 Å². The van der Waals surface area contributed by atoms with Crippen LogP contribution in [0.25, 0.3) is 0 Å². The molecule has 1 aliphatic heterocycles. The minimum Gasteiger partial charge on any atom is -0.396 e. The van der Waals surface area contributed by atoms with Crippen molar-refractivity contribution in [2.75, 3.05) is 13.2 Å². The number of carbonyl (C=O) groups excluding carboxylic acids is 1. The van der Waals surface area contributed by atoms with Crippen molar-refractivity contribution in [2.45, 2.75) is 18.9 Å². The van der Waals surface area contributed by atoms with Crippen LogP contribution in [0, 0.1) is 5.92 Å². The van der Waals surface area contributed by atoms with Crippen LogP contribution in [0.5, 0.6) is 0 Å². The number of ether oxygens (including phenoxy) is 1. The first-order valence-corrected chi connectivity index (χ1v) is 3.59. The first-order chi connectivity index (χ1) is 5.24. The van der Waals surface area contributed by atoms with E-state index in [0.717, 1.165) is 12.3 Å². The number of amides is 1. The van der Waals surface area contributed by atoms with Crippen molar-refractivity contribution < 1.29 is 14.6 Å². The first kappa shape index (κ1) is 8.49. The molecule has 1 amide bonds. The number of nitrogens with two attached hydrogens (primary N) is 1. The third kappa shape index (κ3) is 2.17. The van der Waals surface area contributed by atoms with Crippen LogP contribution < -0.4 is 5.73 Å². The van der Waals surface area contributed by atoms with E-state index < -0.39 is 12.0 Å². The van der Waals surface area contributed by atoms with Crippen LogP contribution >= 0.6 is 0 Å². The largest absolute Gasteiger partial charge is 0.396 e. The van der Waals surface area contributed by atoms with Crippen molar-refractivity contribution in [3.63, 3.8) is 0 Å². The van der Waals surface area contributed by atoms with Crippen LogP contribution in [0.1, 0.15) is 12.8 Å². The molecule has 0 spiro atoms. The number of carbonyl (C=O) groups is 1. The highest BCUT2D eigenvalue weighted by Crippen LogP contribution is 2.20. The monoisotopic (exact) mass is 158 g/mol. The molecule has 3 N–H and O–H groups in total. The normalized spacial score (nSPS) is 26.8. The van der Waals surface area contributed by atoms with Gasteiger partial charge < -0.3 is 15.6 Å². The molecule has 1 atom stereocenters. The molecule has 1 unspecified atom stereocenters. The number of aliphatic hydroxyl groups is 1. The van der Waals surface area contributed by atoms with E-state index in [1.807, 2.05) is 0 Å². The highest BCUT2D eigenvalue weighted by atomic mass is 16.5. The standard InChI is InChI=1S/C7H12NO3/c8-7(10)6-3-5(4-9)1-2-11-6/h6,9H,1-4H2,(H2,8,10). The average molecular weight is 158 g/mol. The molecule has 63 valence electrons. The molecule has 4 heteroatoms. The van der Waals surface area contributed by atoms with Crippen LogP contribution in [0.3, 0.4) is 0 Å². The molecule has 0 aromatic carbocycles. The van der Waals surface area contributed by atoms with Gasteiger partial charge in [0, 0.05) is 19.1 Å². The van der Waals surface area contributed by atoms with Crippen molar-refractivity contribution in [1.29, 1.82) is 0 Å². The molecular weight excluding hydrogens is 146 g/mol. The summed E-state index contributed by atoms with van der Waals surface area (Å²) in [4.78, 5) is 10.6. The van der Waals surface area contributed by atoms with Crippen LogP contribution in [-0.2, 0) is 9.53 Å². The zero-order valence-electron chi connectivity index (χ0n) is 6.25. The fourth-order valence-electron chi connectivity index (χ4n) is 1.10. The Hall–Kier alpha value is -0.610. The van der Waals surface area contributed by atoms with Crippen molar-refractivity contribution in [3.8, 4) is 0 Å². The first-order valence-electron chi connectivity index (χ1n) is 3.59. The van der Waals surface area contributed by atoms with Gasteiger partial charge in [-0.25, -0.2) is 0 Å². The quantitative estimate of drug-likeness (QED) is 0.553. The summed E-state index contributed by atoms with van der Waals surface area (Å²) >= 11 is 0. The van der Waals surface area contributed by atoms with Gasteiger partial charge in [0.05, 0.1) is 0 Å². The average Bonchev–Trinajstić information content (AvgIpc) is 2.05. The molecular formula is C7H12NO3. The predicted molar refractivity (Wildman–Crippen MR) is 38.5 cm³/mol. The van der Waals surface area contributed by atoms with Crippen LogP contribution in [-0.4, -0.2) is 30.3 Å². The second-order valence-electron chi connectivity index (χ2n) is 2.62. The number of rotatable bonds is 2. The molecule has 1 rings (SSSR count). The molecule has 0 aromatic heterocycles. The maximum Gasteiger partial charge on any atom is 0.246 e. The molecule has 0 bridgehead atoms. The van der Waals surface area contributed by atoms with E-state index in [9.17, 15) is 4.79 Å². The summed E-state index contributed by atoms with van der Waals surface area (Å²) < 4.78 is 5.06. The van der Waals surface area contributed by atoms with Gasteiger partial charge in [-0.2, -0.15) is 0 Å². The molecule has 1 aliphatic rings.